The highest BCUT2D eigenvalue weighted by atomic mass is 16.6. The highest BCUT2D eigenvalue weighted by molar-refractivity contribution is 6.08. The number of anilines is 2. The zero-order valence-electron chi connectivity index (χ0n) is 12.7. The summed E-state index contributed by atoms with van der Waals surface area (Å²) in [6.07, 6.45) is 5.32. The molecule has 0 bridgehead atoms. The van der Waals surface area contributed by atoms with Crippen molar-refractivity contribution in [1.29, 1.82) is 0 Å². The molecule has 2 aromatic rings. The molecule has 3 rings (SSSR count). The fraction of sp³-hybridized carbons (Fsp3) is 0.333. The molecular formula is C15H17N5O3. The first-order valence-electron chi connectivity index (χ1n) is 7.38. The monoisotopic (exact) mass is 315 g/mol. The summed E-state index contributed by atoms with van der Waals surface area (Å²) in [5.41, 5.74) is 1.50. The Labute approximate surface area is 132 Å². The van der Waals surface area contributed by atoms with E-state index >= 15 is 0 Å². The first-order chi connectivity index (χ1) is 11.0. The minimum absolute atomic E-state index is 0.0933. The van der Waals surface area contributed by atoms with Gasteiger partial charge in [0.25, 0.3) is 11.6 Å². The Morgan fingerprint density at radius 2 is 2.09 bits per heavy atom. The second-order valence-corrected chi connectivity index (χ2v) is 5.51. The van der Waals surface area contributed by atoms with Gasteiger partial charge < -0.3 is 10.2 Å². The Morgan fingerprint density at radius 1 is 1.35 bits per heavy atom. The van der Waals surface area contributed by atoms with Gasteiger partial charge in [-0.3, -0.25) is 19.6 Å². The molecule has 1 fully saturated rings. The van der Waals surface area contributed by atoms with Crippen LogP contribution in [0.1, 0.15) is 23.2 Å². The van der Waals surface area contributed by atoms with Crippen LogP contribution in [0.25, 0.3) is 0 Å². The van der Waals surface area contributed by atoms with E-state index in [-0.39, 0.29) is 11.6 Å². The van der Waals surface area contributed by atoms with Gasteiger partial charge in [-0.05, 0) is 18.9 Å². The largest absolute Gasteiger partial charge is 0.371 e. The summed E-state index contributed by atoms with van der Waals surface area (Å²) in [5, 5.41) is 17.7. The van der Waals surface area contributed by atoms with Gasteiger partial charge in [0.05, 0.1) is 28.1 Å². The molecule has 1 aliphatic rings. The number of benzene rings is 1. The highest BCUT2D eigenvalue weighted by Crippen LogP contribution is 2.29. The van der Waals surface area contributed by atoms with Crippen molar-refractivity contribution in [2.45, 2.75) is 12.8 Å². The zero-order valence-corrected chi connectivity index (χ0v) is 12.7. The molecule has 1 aromatic heterocycles. The number of hydrogen-bond acceptors (Lipinski definition) is 5. The topological polar surface area (TPSA) is 93.3 Å². The van der Waals surface area contributed by atoms with Gasteiger partial charge in [0.15, 0.2) is 0 Å². The lowest BCUT2D eigenvalue weighted by atomic mass is 10.1. The van der Waals surface area contributed by atoms with Gasteiger partial charge in [-0.2, -0.15) is 5.10 Å². The predicted octanol–water partition coefficient (Wildman–Crippen LogP) is 2.18. The molecule has 23 heavy (non-hydrogen) atoms. The highest BCUT2D eigenvalue weighted by Gasteiger charge is 2.22. The molecule has 0 unspecified atom stereocenters. The molecule has 1 aliphatic heterocycles. The van der Waals surface area contributed by atoms with Gasteiger partial charge in [-0.15, -0.1) is 0 Å². The third-order valence-corrected chi connectivity index (χ3v) is 3.85. The number of rotatable bonds is 4. The molecular weight excluding hydrogens is 298 g/mol. The van der Waals surface area contributed by atoms with E-state index in [0.717, 1.165) is 31.6 Å². The van der Waals surface area contributed by atoms with Crippen LogP contribution in [0.3, 0.4) is 0 Å². The number of amides is 1. The van der Waals surface area contributed by atoms with E-state index in [1.807, 2.05) is 0 Å². The molecule has 0 saturated carbocycles. The Morgan fingerprint density at radius 3 is 2.70 bits per heavy atom. The molecule has 2 heterocycles. The molecule has 8 nitrogen and oxygen atoms in total. The standard InChI is InChI=1S/C15H17N5O3/c1-18-10-11(9-16-18)17-15(21)13-8-12(20(22)23)4-5-14(13)19-6-2-3-7-19/h4-5,8-10H,2-3,6-7H2,1H3,(H,17,21). The molecule has 8 heteroatoms. The third-order valence-electron chi connectivity index (χ3n) is 3.85. The van der Waals surface area contributed by atoms with E-state index in [4.69, 9.17) is 0 Å². The smallest absolute Gasteiger partial charge is 0.270 e. The Hall–Kier alpha value is -2.90. The molecule has 1 saturated heterocycles. The Bertz CT molecular complexity index is 749. The minimum atomic E-state index is -0.491. The van der Waals surface area contributed by atoms with E-state index < -0.39 is 4.92 Å². The van der Waals surface area contributed by atoms with Gasteiger partial charge in [0.2, 0.25) is 0 Å². The number of nitrogens with zero attached hydrogens (tertiary/aromatic N) is 4. The van der Waals surface area contributed by atoms with Gasteiger partial charge in [0.1, 0.15) is 0 Å². The average molecular weight is 315 g/mol. The average Bonchev–Trinajstić information content (AvgIpc) is 3.18. The number of non-ortho nitro benzene ring substituents is 1. The second-order valence-electron chi connectivity index (χ2n) is 5.51. The summed E-state index contributed by atoms with van der Waals surface area (Å²) < 4.78 is 1.57. The van der Waals surface area contributed by atoms with Crippen LogP contribution >= 0.6 is 0 Å². The van der Waals surface area contributed by atoms with Crippen molar-refractivity contribution in [3.05, 3.63) is 46.3 Å². The first kappa shape index (κ1) is 15.0. The molecule has 120 valence electrons. The van der Waals surface area contributed by atoms with Crippen molar-refractivity contribution in [3.63, 3.8) is 0 Å². The number of aromatic nitrogens is 2. The van der Waals surface area contributed by atoms with Crippen molar-refractivity contribution in [1.82, 2.24) is 9.78 Å². The van der Waals surface area contributed by atoms with Crippen LogP contribution in [-0.4, -0.2) is 33.7 Å². The maximum absolute atomic E-state index is 12.6. The van der Waals surface area contributed by atoms with E-state index in [9.17, 15) is 14.9 Å². The fourth-order valence-electron chi connectivity index (χ4n) is 2.74. The summed E-state index contributed by atoms with van der Waals surface area (Å²) in [4.78, 5) is 25.2. The predicted molar refractivity (Wildman–Crippen MR) is 85.7 cm³/mol. The van der Waals surface area contributed by atoms with E-state index in [2.05, 4.69) is 15.3 Å². The lowest BCUT2D eigenvalue weighted by molar-refractivity contribution is -0.384. The van der Waals surface area contributed by atoms with Crippen LogP contribution in [0.4, 0.5) is 17.1 Å². The number of nitro groups is 1. The van der Waals surface area contributed by atoms with E-state index in [0.29, 0.717) is 11.3 Å². The van der Waals surface area contributed by atoms with Gasteiger partial charge in [0, 0.05) is 38.5 Å². The normalized spacial score (nSPS) is 14.0. The van der Waals surface area contributed by atoms with Crippen molar-refractivity contribution >= 4 is 23.0 Å². The van der Waals surface area contributed by atoms with Crippen molar-refractivity contribution in [3.8, 4) is 0 Å². The van der Waals surface area contributed by atoms with Crippen LogP contribution in [0.15, 0.2) is 30.6 Å². The molecule has 0 spiro atoms. The van der Waals surface area contributed by atoms with Crippen LogP contribution in [-0.2, 0) is 7.05 Å². The number of carbonyl (C=O) groups excluding carboxylic acids is 1. The third kappa shape index (κ3) is 3.15. The second kappa shape index (κ2) is 6.07. The number of nitro benzene ring substituents is 1. The zero-order chi connectivity index (χ0) is 16.4. The fourth-order valence-corrected chi connectivity index (χ4v) is 2.74. The minimum Gasteiger partial charge on any atom is -0.371 e. The number of aryl methyl sites for hydroxylation is 1. The summed E-state index contributed by atoms with van der Waals surface area (Å²) >= 11 is 0. The van der Waals surface area contributed by atoms with Crippen molar-refractivity contribution < 1.29 is 9.72 Å². The summed E-state index contributed by atoms with van der Waals surface area (Å²) in [7, 11) is 1.75. The maximum Gasteiger partial charge on any atom is 0.270 e. The lowest BCUT2D eigenvalue weighted by Gasteiger charge is -2.20. The number of nitrogens with one attached hydrogen (secondary N) is 1. The molecule has 1 N–H and O–H groups in total. The van der Waals surface area contributed by atoms with Gasteiger partial charge in [-0.1, -0.05) is 0 Å². The number of carbonyl (C=O) groups is 1. The first-order valence-corrected chi connectivity index (χ1v) is 7.38. The van der Waals surface area contributed by atoms with Gasteiger partial charge in [-0.25, -0.2) is 0 Å². The quantitative estimate of drug-likeness (QED) is 0.689. The van der Waals surface area contributed by atoms with Crippen LogP contribution in [0, 0.1) is 10.1 Å². The molecule has 0 aliphatic carbocycles. The van der Waals surface area contributed by atoms with Crippen molar-refractivity contribution in [2.75, 3.05) is 23.3 Å². The number of hydrogen-bond donors (Lipinski definition) is 1. The molecule has 0 atom stereocenters. The lowest BCUT2D eigenvalue weighted by Crippen LogP contribution is -2.23. The van der Waals surface area contributed by atoms with Crippen LogP contribution in [0.5, 0.6) is 0 Å². The summed E-state index contributed by atoms with van der Waals surface area (Å²) in [5.74, 6) is -0.372. The summed E-state index contributed by atoms with van der Waals surface area (Å²) in [6.45, 7) is 1.70. The Kier molecular flexibility index (Phi) is 3.96. The summed E-state index contributed by atoms with van der Waals surface area (Å²) in [6, 6.07) is 4.43. The maximum atomic E-state index is 12.6. The molecule has 1 amide bonds. The Balaban J connectivity index is 1.94. The van der Waals surface area contributed by atoms with E-state index in [1.165, 1.54) is 18.3 Å². The van der Waals surface area contributed by atoms with Crippen LogP contribution in [0.2, 0.25) is 0 Å². The van der Waals surface area contributed by atoms with Gasteiger partial charge >= 0.3 is 0 Å². The van der Waals surface area contributed by atoms with Crippen molar-refractivity contribution in [2.24, 2.45) is 7.05 Å². The SMILES string of the molecule is Cn1cc(NC(=O)c2cc([N+](=O)[O-])ccc2N2CCCC2)cn1. The molecule has 1 aromatic carbocycles. The van der Waals surface area contributed by atoms with E-state index in [1.54, 1.807) is 24.0 Å². The van der Waals surface area contributed by atoms with Crippen LogP contribution < -0.4 is 10.2 Å². The molecule has 0 radical (unpaired) electrons.